The molecule has 0 N–H and O–H groups in total. The van der Waals surface area contributed by atoms with Crippen LogP contribution in [0.2, 0.25) is 5.02 Å². The Morgan fingerprint density at radius 3 is 2.78 bits per heavy atom. The summed E-state index contributed by atoms with van der Waals surface area (Å²) in [6.07, 6.45) is 1.57. The molecule has 0 spiro atoms. The Morgan fingerprint density at radius 2 is 1.96 bits per heavy atom. The summed E-state index contributed by atoms with van der Waals surface area (Å²) >= 11 is 7.45. The standard InChI is InChI=1S/C19H16ClN5OS/c1-12-4-3-5-16(8-12)25-13(2)22-23-19(25)27-11-15-9-18(26)24-10-14(20)6-7-17(24)21-15/h3-10H,11H2,1-2H3. The molecule has 3 aromatic heterocycles. The highest BCUT2D eigenvalue weighted by Crippen LogP contribution is 2.25. The maximum atomic E-state index is 12.3. The second kappa shape index (κ2) is 7.17. The summed E-state index contributed by atoms with van der Waals surface area (Å²) in [6.45, 7) is 3.97. The van der Waals surface area contributed by atoms with Crippen molar-refractivity contribution in [2.45, 2.75) is 24.8 Å². The first-order chi connectivity index (χ1) is 13.0. The largest absolute Gasteiger partial charge is 0.274 e. The van der Waals surface area contributed by atoms with Gasteiger partial charge in [-0.3, -0.25) is 13.8 Å². The van der Waals surface area contributed by atoms with E-state index in [4.69, 9.17) is 11.6 Å². The van der Waals surface area contributed by atoms with Crippen LogP contribution in [0, 0.1) is 13.8 Å². The number of thioether (sulfide) groups is 1. The van der Waals surface area contributed by atoms with Crippen molar-refractivity contribution < 1.29 is 0 Å². The maximum Gasteiger partial charge on any atom is 0.258 e. The monoisotopic (exact) mass is 397 g/mol. The lowest BCUT2D eigenvalue weighted by molar-refractivity contribution is 0.866. The molecule has 0 saturated heterocycles. The van der Waals surface area contributed by atoms with Crippen molar-refractivity contribution in [2.75, 3.05) is 0 Å². The molecule has 0 amide bonds. The van der Waals surface area contributed by atoms with Gasteiger partial charge in [-0.05, 0) is 43.7 Å². The molecule has 0 atom stereocenters. The van der Waals surface area contributed by atoms with E-state index in [1.807, 2.05) is 23.6 Å². The third-order valence-electron chi connectivity index (χ3n) is 4.08. The van der Waals surface area contributed by atoms with Crippen LogP contribution in [0.3, 0.4) is 0 Å². The lowest BCUT2D eigenvalue weighted by Gasteiger charge is -2.09. The molecule has 0 bridgehead atoms. The Hall–Kier alpha value is -2.64. The Labute approximate surface area is 164 Å². The molecule has 136 valence electrons. The highest BCUT2D eigenvalue weighted by molar-refractivity contribution is 7.98. The molecule has 4 rings (SSSR count). The molecule has 0 saturated carbocycles. The third kappa shape index (κ3) is 3.61. The summed E-state index contributed by atoms with van der Waals surface area (Å²) in [4.78, 5) is 16.9. The van der Waals surface area contributed by atoms with Crippen LogP contribution in [-0.2, 0) is 5.75 Å². The smallest absolute Gasteiger partial charge is 0.258 e. The highest BCUT2D eigenvalue weighted by Gasteiger charge is 2.13. The second-order valence-electron chi connectivity index (χ2n) is 6.15. The molecule has 0 aliphatic rings. The Morgan fingerprint density at radius 1 is 1.11 bits per heavy atom. The summed E-state index contributed by atoms with van der Waals surface area (Å²) in [5.41, 5.74) is 3.28. The summed E-state index contributed by atoms with van der Waals surface area (Å²) in [7, 11) is 0. The number of halogens is 1. The number of nitrogens with zero attached hydrogens (tertiary/aromatic N) is 5. The summed E-state index contributed by atoms with van der Waals surface area (Å²) in [5.74, 6) is 1.32. The predicted molar refractivity (Wildman–Crippen MR) is 107 cm³/mol. The fraction of sp³-hybridized carbons (Fsp3) is 0.158. The van der Waals surface area contributed by atoms with E-state index in [1.54, 1.807) is 18.3 Å². The van der Waals surface area contributed by atoms with E-state index in [1.165, 1.54) is 27.8 Å². The molecular formula is C19H16ClN5OS. The van der Waals surface area contributed by atoms with Crippen molar-refractivity contribution in [2.24, 2.45) is 0 Å². The van der Waals surface area contributed by atoms with Crippen LogP contribution in [0.5, 0.6) is 0 Å². The van der Waals surface area contributed by atoms with Crippen LogP contribution in [0.1, 0.15) is 17.1 Å². The molecule has 3 heterocycles. The van der Waals surface area contributed by atoms with E-state index in [0.29, 0.717) is 22.1 Å². The molecule has 1 aromatic carbocycles. The lowest BCUT2D eigenvalue weighted by Crippen LogP contribution is -2.15. The highest BCUT2D eigenvalue weighted by atomic mass is 35.5. The van der Waals surface area contributed by atoms with Gasteiger partial charge < -0.3 is 0 Å². The van der Waals surface area contributed by atoms with Gasteiger partial charge in [0.05, 0.1) is 10.7 Å². The van der Waals surface area contributed by atoms with E-state index >= 15 is 0 Å². The van der Waals surface area contributed by atoms with E-state index in [-0.39, 0.29) is 5.56 Å². The number of aromatic nitrogens is 5. The summed E-state index contributed by atoms with van der Waals surface area (Å²) in [5, 5.41) is 9.74. The van der Waals surface area contributed by atoms with Crippen LogP contribution < -0.4 is 5.56 Å². The van der Waals surface area contributed by atoms with E-state index in [2.05, 4.69) is 34.2 Å². The van der Waals surface area contributed by atoms with Gasteiger partial charge in [0.15, 0.2) is 5.16 Å². The zero-order chi connectivity index (χ0) is 19.0. The quantitative estimate of drug-likeness (QED) is 0.489. The van der Waals surface area contributed by atoms with Gasteiger partial charge in [-0.15, -0.1) is 10.2 Å². The normalized spacial score (nSPS) is 11.2. The zero-order valence-corrected chi connectivity index (χ0v) is 16.3. The molecule has 0 aliphatic carbocycles. The topological polar surface area (TPSA) is 65.1 Å². The van der Waals surface area contributed by atoms with Crippen molar-refractivity contribution in [1.29, 1.82) is 0 Å². The second-order valence-corrected chi connectivity index (χ2v) is 7.53. The average molecular weight is 398 g/mol. The van der Waals surface area contributed by atoms with Gasteiger partial charge in [-0.1, -0.05) is 35.5 Å². The fourth-order valence-corrected chi connectivity index (χ4v) is 3.89. The van der Waals surface area contributed by atoms with Gasteiger partial charge in [0, 0.05) is 23.7 Å². The van der Waals surface area contributed by atoms with Crippen molar-refractivity contribution >= 4 is 29.0 Å². The molecule has 8 heteroatoms. The van der Waals surface area contributed by atoms with Crippen LogP contribution >= 0.6 is 23.4 Å². The van der Waals surface area contributed by atoms with Crippen LogP contribution in [-0.4, -0.2) is 24.1 Å². The van der Waals surface area contributed by atoms with E-state index in [0.717, 1.165) is 16.7 Å². The minimum Gasteiger partial charge on any atom is -0.274 e. The number of aryl methyl sites for hydroxylation is 2. The number of hydrogen-bond donors (Lipinski definition) is 0. The van der Waals surface area contributed by atoms with Gasteiger partial charge >= 0.3 is 0 Å². The van der Waals surface area contributed by atoms with Gasteiger partial charge in [-0.2, -0.15) is 0 Å². The number of hydrogen-bond acceptors (Lipinski definition) is 5. The number of rotatable bonds is 4. The molecular weight excluding hydrogens is 382 g/mol. The minimum atomic E-state index is -0.158. The maximum absolute atomic E-state index is 12.3. The molecule has 0 aliphatic heterocycles. The van der Waals surface area contributed by atoms with E-state index in [9.17, 15) is 4.79 Å². The van der Waals surface area contributed by atoms with Crippen molar-refractivity contribution in [3.63, 3.8) is 0 Å². The van der Waals surface area contributed by atoms with Crippen LogP contribution in [0.15, 0.2) is 58.6 Å². The Bertz CT molecular complexity index is 1200. The van der Waals surface area contributed by atoms with Crippen LogP contribution in [0.4, 0.5) is 0 Å². The first-order valence-corrected chi connectivity index (χ1v) is 9.67. The van der Waals surface area contributed by atoms with Gasteiger partial charge in [-0.25, -0.2) is 4.98 Å². The SMILES string of the molecule is Cc1cccc(-n2c(C)nnc2SCc2cc(=O)n3cc(Cl)ccc3n2)c1. The van der Waals surface area contributed by atoms with Crippen LogP contribution in [0.25, 0.3) is 11.3 Å². The average Bonchev–Trinajstić information content (AvgIpc) is 3.01. The number of pyridine rings is 1. The summed E-state index contributed by atoms with van der Waals surface area (Å²) < 4.78 is 3.45. The van der Waals surface area contributed by atoms with Gasteiger partial charge in [0.25, 0.3) is 5.56 Å². The zero-order valence-electron chi connectivity index (χ0n) is 14.8. The fourth-order valence-electron chi connectivity index (χ4n) is 2.84. The molecule has 27 heavy (non-hydrogen) atoms. The Kier molecular flexibility index (Phi) is 4.72. The van der Waals surface area contributed by atoms with Crippen molar-refractivity contribution in [1.82, 2.24) is 24.1 Å². The molecule has 0 fully saturated rings. The predicted octanol–water partition coefficient (Wildman–Crippen LogP) is 3.84. The lowest BCUT2D eigenvalue weighted by atomic mass is 10.2. The molecule has 0 unspecified atom stereocenters. The molecule has 6 nitrogen and oxygen atoms in total. The summed E-state index contributed by atoms with van der Waals surface area (Å²) in [6, 6.07) is 13.2. The molecule has 0 radical (unpaired) electrons. The Balaban J connectivity index is 1.64. The first-order valence-electron chi connectivity index (χ1n) is 8.31. The number of fused-ring (bicyclic) bond motifs is 1. The minimum absolute atomic E-state index is 0.158. The van der Waals surface area contributed by atoms with Gasteiger partial charge in [0.1, 0.15) is 11.5 Å². The van der Waals surface area contributed by atoms with E-state index < -0.39 is 0 Å². The van der Waals surface area contributed by atoms with Gasteiger partial charge in [0.2, 0.25) is 0 Å². The van der Waals surface area contributed by atoms with Crippen molar-refractivity contribution in [3.05, 3.63) is 81.1 Å². The first kappa shape index (κ1) is 17.8. The van der Waals surface area contributed by atoms with Crippen molar-refractivity contribution in [3.8, 4) is 5.69 Å². The third-order valence-corrected chi connectivity index (χ3v) is 5.27. The molecule has 4 aromatic rings. The number of benzene rings is 1.